The Morgan fingerprint density at radius 1 is 0.800 bits per heavy atom. The molecule has 1 amide bonds. The van der Waals surface area contributed by atoms with E-state index in [4.69, 9.17) is 5.11 Å². The van der Waals surface area contributed by atoms with Crippen LogP contribution in [0, 0.1) is 0 Å². The Hall–Kier alpha value is -4.20. The number of aliphatic carboxylic acids is 1. The van der Waals surface area contributed by atoms with Gasteiger partial charge in [0.25, 0.3) is 5.91 Å². The molecule has 0 radical (unpaired) electrons. The van der Waals surface area contributed by atoms with E-state index in [1.807, 2.05) is 105 Å². The van der Waals surface area contributed by atoms with Gasteiger partial charge in [-0.25, -0.2) is 0 Å². The summed E-state index contributed by atoms with van der Waals surface area (Å²) in [6.45, 7) is 4.46. The number of nitrogens with zero attached hydrogens (tertiary/aromatic N) is 1. The van der Waals surface area contributed by atoms with Crippen LogP contribution in [0.3, 0.4) is 0 Å². The summed E-state index contributed by atoms with van der Waals surface area (Å²) in [6.07, 6.45) is -2.24. The highest BCUT2D eigenvalue weighted by Gasteiger charge is 2.30. The van der Waals surface area contributed by atoms with Crippen LogP contribution in [0.4, 0.5) is 5.69 Å². The average Bonchev–Trinajstić information content (AvgIpc) is 3.28. The van der Waals surface area contributed by atoms with E-state index in [1.54, 1.807) is 0 Å². The van der Waals surface area contributed by atoms with Crippen LogP contribution in [-0.4, -0.2) is 44.0 Å². The molecule has 4 aromatic rings. The molecule has 0 aliphatic carbocycles. The fourth-order valence-electron chi connectivity index (χ4n) is 5.19. The van der Waals surface area contributed by atoms with Gasteiger partial charge in [0, 0.05) is 23.5 Å². The summed E-state index contributed by atoms with van der Waals surface area (Å²) in [4.78, 5) is 25.0. The largest absolute Gasteiger partial charge is 0.481 e. The maximum Gasteiger partial charge on any atom is 0.305 e. The van der Waals surface area contributed by atoms with Crippen LogP contribution in [-0.2, 0) is 11.3 Å². The normalized spacial score (nSPS) is 12.7. The number of carbonyl (C=O) groups is 2. The molecule has 7 heteroatoms. The highest BCUT2D eigenvalue weighted by molar-refractivity contribution is 6.12. The van der Waals surface area contributed by atoms with E-state index in [0.29, 0.717) is 17.8 Å². The van der Waals surface area contributed by atoms with E-state index in [-0.39, 0.29) is 24.7 Å². The molecule has 0 fully saturated rings. The third kappa shape index (κ3) is 6.86. The summed E-state index contributed by atoms with van der Waals surface area (Å²) in [5.74, 6) is -1.37. The molecule has 1 aromatic heterocycles. The Labute approximate surface area is 234 Å². The first-order chi connectivity index (χ1) is 19.3. The van der Waals surface area contributed by atoms with Gasteiger partial charge in [-0.3, -0.25) is 9.59 Å². The Balaban J connectivity index is 1.87. The van der Waals surface area contributed by atoms with E-state index >= 15 is 0 Å². The highest BCUT2D eigenvalue weighted by atomic mass is 16.4. The molecule has 0 aliphatic heterocycles. The van der Waals surface area contributed by atoms with E-state index in [9.17, 15) is 19.8 Å². The van der Waals surface area contributed by atoms with Crippen molar-refractivity contribution < 1.29 is 24.9 Å². The smallest absolute Gasteiger partial charge is 0.305 e. The lowest BCUT2D eigenvalue weighted by atomic mass is 9.94. The van der Waals surface area contributed by atoms with Crippen LogP contribution in [0.1, 0.15) is 55.1 Å². The molecular formula is C33H36N2O5. The van der Waals surface area contributed by atoms with Crippen molar-refractivity contribution in [1.29, 1.82) is 0 Å². The number of hydrogen-bond donors (Lipinski definition) is 4. The van der Waals surface area contributed by atoms with Crippen LogP contribution in [0.2, 0.25) is 0 Å². The first-order valence-electron chi connectivity index (χ1n) is 13.6. The van der Waals surface area contributed by atoms with Crippen molar-refractivity contribution in [2.24, 2.45) is 0 Å². The number of aromatic nitrogens is 1. The third-order valence-corrected chi connectivity index (χ3v) is 6.86. The SMILES string of the molecule is CC(C)c1c(C(=O)Nc2ccccc2)c(-c2ccccc2)c(-c2ccccc2)n1CCC(O)CC(O)CC(=O)O. The van der Waals surface area contributed by atoms with Gasteiger partial charge >= 0.3 is 5.97 Å². The number of aliphatic hydroxyl groups excluding tert-OH is 2. The molecule has 1 heterocycles. The maximum absolute atomic E-state index is 14.1. The van der Waals surface area contributed by atoms with Crippen molar-refractivity contribution in [3.63, 3.8) is 0 Å². The monoisotopic (exact) mass is 540 g/mol. The van der Waals surface area contributed by atoms with Crippen LogP contribution >= 0.6 is 0 Å². The molecule has 4 rings (SSSR count). The molecule has 0 saturated carbocycles. The summed E-state index contributed by atoms with van der Waals surface area (Å²) >= 11 is 0. The minimum atomic E-state index is -1.14. The van der Waals surface area contributed by atoms with Crippen molar-refractivity contribution in [3.05, 3.63) is 102 Å². The summed E-state index contributed by atoms with van der Waals surface area (Å²) in [6, 6.07) is 29.0. The van der Waals surface area contributed by atoms with Crippen LogP contribution in [0.5, 0.6) is 0 Å². The van der Waals surface area contributed by atoms with Gasteiger partial charge in [0.1, 0.15) is 0 Å². The number of carbonyl (C=O) groups excluding carboxylic acids is 1. The number of para-hydroxylation sites is 1. The van der Waals surface area contributed by atoms with Crippen LogP contribution in [0.25, 0.3) is 22.4 Å². The molecular weight excluding hydrogens is 504 g/mol. The Morgan fingerprint density at radius 3 is 1.90 bits per heavy atom. The maximum atomic E-state index is 14.1. The number of rotatable bonds is 12. The molecule has 40 heavy (non-hydrogen) atoms. The summed E-state index contributed by atoms with van der Waals surface area (Å²) in [5, 5.41) is 32.9. The predicted molar refractivity (Wildman–Crippen MR) is 157 cm³/mol. The average molecular weight is 541 g/mol. The van der Waals surface area contributed by atoms with Gasteiger partial charge in [0.2, 0.25) is 0 Å². The topological polar surface area (TPSA) is 112 Å². The van der Waals surface area contributed by atoms with E-state index in [0.717, 1.165) is 28.1 Å². The van der Waals surface area contributed by atoms with Gasteiger partial charge < -0.3 is 25.2 Å². The fraction of sp³-hybridized carbons (Fsp3) is 0.273. The third-order valence-electron chi connectivity index (χ3n) is 6.86. The van der Waals surface area contributed by atoms with Crippen molar-refractivity contribution in [1.82, 2.24) is 4.57 Å². The lowest BCUT2D eigenvalue weighted by Gasteiger charge is -2.20. The van der Waals surface area contributed by atoms with Gasteiger partial charge in [-0.15, -0.1) is 0 Å². The summed E-state index contributed by atoms with van der Waals surface area (Å²) < 4.78 is 2.11. The molecule has 0 spiro atoms. The number of hydrogen-bond acceptors (Lipinski definition) is 4. The summed E-state index contributed by atoms with van der Waals surface area (Å²) in [5.41, 5.74) is 5.61. The molecule has 7 nitrogen and oxygen atoms in total. The zero-order chi connectivity index (χ0) is 28.6. The van der Waals surface area contributed by atoms with E-state index in [1.165, 1.54) is 0 Å². The molecule has 0 saturated heterocycles. The summed E-state index contributed by atoms with van der Waals surface area (Å²) in [7, 11) is 0. The second-order valence-electron chi connectivity index (χ2n) is 10.3. The van der Waals surface area contributed by atoms with Gasteiger partial charge in [0.05, 0.1) is 29.9 Å². The minimum Gasteiger partial charge on any atom is -0.481 e. The first-order valence-corrected chi connectivity index (χ1v) is 13.6. The molecule has 0 bridgehead atoms. The van der Waals surface area contributed by atoms with Gasteiger partial charge in [-0.1, -0.05) is 92.7 Å². The zero-order valence-corrected chi connectivity index (χ0v) is 22.8. The fourth-order valence-corrected chi connectivity index (χ4v) is 5.19. The molecule has 0 aliphatic rings. The van der Waals surface area contributed by atoms with Crippen molar-refractivity contribution in [2.45, 2.75) is 57.8 Å². The second-order valence-corrected chi connectivity index (χ2v) is 10.3. The standard InChI is InChI=1S/C33H36N2O5/c1-22(2)31-30(33(40)34-25-16-10-5-11-17-25)29(23-12-6-3-7-13-23)32(24-14-8-4-9-15-24)35(31)19-18-26(36)20-27(37)21-28(38)39/h3-17,22,26-27,36-37H,18-21H2,1-2H3,(H,34,40)(H,38,39). The predicted octanol–water partition coefficient (Wildman–Crippen LogP) is 6.17. The number of benzene rings is 3. The van der Waals surface area contributed by atoms with Crippen molar-refractivity contribution in [2.75, 3.05) is 5.32 Å². The van der Waals surface area contributed by atoms with Gasteiger partial charge in [-0.05, 0) is 42.0 Å². The van der Waals surface area contributed by atoms with Crippen molar-refractivity contribution >= 4 is 17.6 Å². The van der Waals surface area contributed by atoms with E-state index in [2.05, 4.69) is 9.88 Å². The lowest BCUT2D eigenvalue weighted by Crippen LogP contribution is -2.22. The van der Waals surface area contributed by atoms with Crippen molar-refractivity contribution in [3.8, 4) is 22.4 Å². The minimum absolute atomic E-state index is 0.0359. The lowest BCUT2D eigenvalue weighted by molar-refractivity contribution is -0.139. The number of aliphatic hydroxyl groups is 2. The Morgan fingerprint density at radius 2 is 1.35 bits per heavy atom. The molecule has 208 valence electrons. The van der Waals surface area contributed by atoms with Gasteiger partial charge in [0.15, 0.2) is 0 Å². The first kappa shape index (κ1) is 28.8. The van der Waals surface area contributed by atoms with Crippen LogP contribution < -0.4 is 5.32 Å². The molecule has 2 unspecified atom stereocenters. The van der Waals surface area contributed by atoms with Crippen LogP contribution in [0.15, 0.2) is 91.0 Å². The highest BCUT2D eigenvalue weighted by Crippen LogP contribution is 2.42. The molecule has 3 aromatic carbocycles. The zero-order valence-electron chi connectivity index (χ0n) is 22.8. The number of amides is 1. The Kier molecular flexibility index (Phi) is 9.53. The Bertz CT molecular complexity index is 1420. The quantitative estimate of drug-likeness (QED) is 0.172. The molecule has 4 N–H and O–H groups in total. The van der Waals surface area contributed by atoms with E-state index < -0.39 is 24.6 Å². The van der Waals surface area contributed by atoms with Gasteiger partial charge in [-0.2, -0.15) is 0 Å². The number of carboxylic acids is 1. The second kappa shape index (κ2) is 13.2. The number of nitrogens with one attached hydrogen (secondary N) is 1. The number of anilines is 1. The molecule has 2 atom stereocenters. The number of carboxylic acid groups (broad SMARTS) is 1.